The molecule has 0 unspecified atom stereocenters. The largest absolute Gasteiger partial charge is 0.241 e. The Morgan fingerprint density at radius 2 is 1.68 bits per heavy atom. The lowest BCUT2D eigenvalue weighted by Crippen LogP contribution is -1.95. The molecule has 0 N–H and O–H groups in total. The molecule has 2 heterocycles. The number of hydrogen-bond donors (Lipinski definition) is 0. The van der Waals surface area contributed by atoms with E-state index in [1.165, 1.54) is 5.56 Å². The van der Waals surface area contributed by atoms with E-state index in [0.717, 1.165) is 23.5 Å². The Kier molecular flexibility index (Phi) is 2.23. The van der Waals surface area contributed by atoms with E-state index in [2.05, 4.69) is 22.2 Å². The Morgan fingerprint density at radius 3 is 2.53 bits per heavy atom. The van der Waals surface area contributed by atoms with Crippen LogP contribution in [0.1, 0.15) is 5.56 Å². The average molecular weight is 268 g/mol. The van der Waals surface area contributed by atoms with Gasteiger partial charge in [0.2, 0.25) is 0 Å². The first-order valence-electron chi connectivity index (χ1n) is 6.11. The van der Waals surface area contributed by atoms with Crippen LogP contribution < -0.4 is 0 Å². The standard InChI is InChI=1S/C15H10ClN3/c16-13-8-4-3-7-12(13)14-17-15-11-6-2-1-5-10(11)9-19(15)18-14/h1-8H,9H2. The molecule has 3 nitrogen and oxygen atoms in total. The number of nitrogens with zero attached hydrogens (tertiary/aromatic N) is 3. The molecule has 4 heteroatoms. The molecular formula is C15H10ClN3. The van der Waals surface area contributed by atoms with E-state index < -0.39 is 0 Å². The van der Waals surface area contributed by atoms with Gasteiger partial charge in [-0.3, -0.25) is 0 Å². The summed E-state index contributed by atoms with van der Waals surface area (Å²) in [4.78, 5) is 4.63. The summed E-state index contributed by atoms with van der Waals surface area (Å²) in [6, 6.07) is 15.9. The molecule has 0 saturated carbocycles. The number of rotatable bonds is 1. The van der Waals surface area contributed by atoms with Gasteiger partial charge in [-0.15, -0.1) is 0 Å². The van der Waals surface area contributed by atoms with Gasteiger partial charge in [-0.2, -0.15) is 5.10 Å². The predicted molar refractivity (Wildman–Crippen MR) is 75.0 cm³/mol. The number of halogens is 1. The first kappa shape index (κ1) is 10.8. The van der Waals surface area contributed by atoms with Crippen molar-refractivity contribution < 1.29 is 0 Å². The van der Waals surface area contributed by atoms with Gasteiger partial charge in [0.25, 0.3) is 0 Å². The fraction of sp³-hybridized carbons (Fsp3) is 0.0667. The van der Waals surface area contributed by atoms with Crippen molar-refractivity contribution in [1.29, 1.82) is 0 Å². The Hall–Kier alpha value is -2.13. The van der Waals surface area contributed by atoms with Gasteiger partial charge in [-0.05, 0) is 17.7 Å². The zero-order valence-corrected chi connectivity index (χ0v) is 10.8. The van der Waals surface area contributed by atoms with Crippen molar-refractivity contribution in [2.24, 2.45) is 0 Å². The van der Waals surface area contributed by atoms with E-state index in [4.69, 9.17) is 11.6 Å². The molecule has 92 valence electrons. The van der Waals surface area contributed by atoms with Crippen molar-refractivity contribution in [2.75, 3.05) is 0 Å². The molecule has 0 fully saturated rings. The van der Waals surface area contributed by atoms with Crippen LogP contribution in [-0.2, 0) is 6.54 Å². The van der Waals surface area contributed by atoms with Gasteiger partial charge < -0.3 is 0 Å². The molecule has 19 heavy (non-hydrogen) atoms. The van der Waals surface area contributed by atoms with Gasteiger partial charge in [-0.25, -0.2) is 9.67 Å². The number of fused-ring (bicyclic) bond motifs is 3. The maximum Gasteiger partial charge on any atom is 0.183 e. The van der Waals surface area contributed by atoms with Crippen LogP contribution in [0.4, 0.5) is 0 Å². The molecule has 0 amide bonds. The van der Waals surface area contributed by atoms with Crippen LogP contribution >= 0.6 is 11.6 Å². The maximum absolute atomic E-state index is 6.19. The first-order chi connectivity index (χ1) is 9.33. The zero-order chi connectivity index (χ0) is 12.8. The third kappa shape index (κ3) is 1.59. The molecule has 1 aliphatic rings. The molecule has 1 aliphatic heterocycles. The van der Waals surface area contributed by atoms with E-state index in [0.29, 0.717) is 10.8 Å². The second-order valence-corrected chi connectivity index (χ2v) is 4.96. The highest BCUT2D eigenvalue weighted by molar-refractivity contribution is 6.33. The fourth-order valence-corrected chi connectivity index (χ4v) is 2.67. The summed E-state index contributed by atoms with van der Waals surface area (Å²) in [5, 5.41) is 5.24. The van der Waals surface area contributed by atoms with Gasteiger partial charge in [0.15, 0.2) is 11.6 Å². The lowest BCUT2D eigenvalue weighted by Gasteiger charge is -1.99. The highest BCUT2D eigenvalue weighted by atomic mass is 35.5. The molecule has 3 aromatic rings. The van der Waals surface area contributed by atoms with Crippen LogP contribution in [0.5, 0.6) is 0 Å². The molecule has 0 bridgehead atoms. The first-order valence-corrected chi connectivity index (χ1v) is 6.49. The highest BCUT2D eigenvalue weighted by Gasteiger charge is 2.22. The van der Waals surface area contributed by atoms with E-state index in [1.54, 1.807) is 0 Å². The summed E-state index contributed by atoms with van der Waals surface area (Å²) >= 11 is 6.19. The number of hydrogen-bond acceptors (Lipinski definition) is 2. The summed E-state index contributed by atoms with van der Waals surface area (Å²) in [7, 11) is 0. The third-order valence-electron chi connectivity index (χ3n) is 3.36. The minimum atomic E-state index is 0.681. The van der Waals surface area contributed by atoms with E-state index in [9.17, 15) is 0 Å². The minimum absolute atomic E-state index is 0.681. The fourth-order valence-electron chi connectivity index (χ4n) is 2.45. The van der Waals surface area contributed by atoms with Crippen molar-refractivity contribution in [2.45, 2.75) is 6.54 Å². The van der Waals surface area contributed by atoms with E-state index in [-0.39, 0.29) is 0 Å². The van der Waals surface area contributed by atoms with E-state index >= 15 is 0 Å². The summed E-state index contributed by atoms with van der Waals surface area (Å²) in [6.45, 7) is 0.781. The monoisotopic (exact) mass is 267 g/mol. The second-order valence-electron chi connectivity index (χ2n) is 4.55. The van der Waals surface area contributed by atoms with Crippen LogP contribution in [0.25, 0.3) is 22.8 Å². The van der Waals surface area contributed by atoms with Gasteiger partial charge in [0.05, 0.1) is 11.6 Å². The van der Waals surface area contributed by atoms with Crippen molar-refractivity contribution >= 4 is 11.6 Å². The van der Waals surface area contributed by atoms with Gasteiger partial charge >= 0.3 is 0 Å². The molecule has 0 saturated heterocycles. The summed E-state index contributed by atoms with van der Waals surface area (Å²) in [5.74, 6) is 1.61. The average Bonchev–Trinajstić information content (AvgIpc) is 2.96. The molecule has 4 rings (SSSR count). The molecule has 0 atom stereocenters. The summed E-state index contributed by atoms with van der Waals surface area (Å²) in [5.41, 5.74) is 3.31. The Morgan fingerprint density at radius 1 is 0.947 bits per heavy atom. The quantitative estimate of drug-likeness (QED) is 0.527. The molecule has 2 aromatic carbocycles. The molecule has 0 spiro atoms. The van der Waals surface area contributed by atoms with Gasteiger partial charge in [0, 0.05) is 11.1 Å². The molecule has 0 radical (unpaired) electrons. The topological polar surface area (TPSA) is 30.7 Å². The third-order valence-corrected chi connectivity index (χ3v) is 3.69. The number of benzene rings is 2. The smallest absolute Gasteiger partial charge is 0.183 e. The molecule has 1 aromatic heterocycles. The number of aromatic nitrogens is 3. The van der Waals surface area contributed by atoms with Crippen molar-refractivity contribution in [3.63, 3.8) is 0 Å². The predicted octanol–water partition coefficient (Wildman–Crippen LogP) is 3.63. The van der Waals surface area contributed by atoms with Crippen LogP contribution in [0.15, 0.2) is 48.5 Å². The van der Waals surface area contributed by atoms with Gasteiger partial charge in [0.1, 0.15) is 0 Å². The summed E-state index contributed by atoms with van der Waals surface area (Å²) < 4.78 is 1.93. The van der Waals surface area contributed by atoms with Crippen molar-refractivity contribution in [3.8, 4) is 22.8 Å². The van der Waals surface area contributed by atoms with Crippen molar-refractivity contribution in [3.05, 3.63) is 59.1 Å². The Balaban J connectivity index is 1.87. The minimum Gasteiger partial charge on any atom is -0.241 e. The van der Waals surface area contributed by atoms with Crippen molar-refractivity contribution in [1.82, 2.24) is 14.8 Å². The van der Waals surface area contributed by atoms with Gasteiger partial charge in [-0.1, -0.05) is 48.0 Å². The van der Waals surface area contributed by atoms with Crippen LogP contribution in [-0.4, -0.2) is 14.8 Å². The molecular weight excluding hydrogens is 258 g/mol. The zero-order valence-electron chi connectivity index (χ0n) is 10.0. The lowest BCUT2D eigenvalue weighted by atomic mass is 10.1. The van der Waals surface area contributed by atoms with Crippen LogP contribution in [0.2, 0.25) is 5.02 Å². The lowest BCUT2D eigenvalue weighted by molar-refractivity contribution is 0.722. The van der Waals surface area contributed by atoms with Crippen LogP contribution in [0.3, 0.4) is 0 Å². The summed E-state index contributed by atoms with van der Waals surface area (Å²) in [6.07, 6.45) is 0. The normalized spacial score (nSPS) is 12.3. The SMILES string of the molecule is Clc1ccccc1-c1nc2n(n1)Cc1ccccc1-2. The Labute approximate surface area is 115 Å². The van der Waals surface area contributed by atoms with E-state index in [1.807, 2.05) is 41.1 Å². The highest BCUT2D eigenvalue weighted by Crippen LogP contribution is 2.33. The van der Waals surface area contributed by atoms with Crippen LogP contribution in [0, 0.1) is 0 Å². The second kappa shape index (κ2) is 3.93. The Bertz CT molecular complexity index is 777. The maximum atomic E-state index is 6.19. The molecule has 0 aliphatic carbocycles.